The molecule has 1 aromatic heterocycles. The number of hydrogen-bond donors (Lipinski definition) is 3. The number of pyridine rings is 1. The van der Waals surface area contributed by atoms with Crippen molar-refractivity contribution in [2.45, 2.75) is 12.2 Å². The molecule has 0 saturated carbocycles. The molecule has 1 amide bonds. The molecule has 3 N–H and O–H groups in total. The minimum Gasteiger partial charge on any atom is -0.388 e. The second-order valence-electron chi connectivity index (χ2n) is 4.94. The first-order valence-electron chi connectivity index (χ1n) is 6.34. The van der Waals surface area contributed by atoms with Gasteiger partial charge in [-0.3, -0.25) is 9.59 Å². The summed E-state index contributed by atoms with van der Waals surface area (Å²) in [5.41, 5.74) is -0.165. The summed E-state index contributed by atoms with van der Waals surface area (Å²) in [6, 6.07) is 8.60. The third-order valence-corrected chi connectivity index (χ3v) is 3.53. The Morgan fingerprint density at radius 2 is 1.85 bits per heavy atom. The number of rotatable bonds is 1. The summed E-state index contributed by atoms with van der Waals surface area (Å²) < 4.78 is 0. The van der Waals surface area contributed by atoms with E-state index in [1.54, 1.807) is 30.3 Å². The molecular formula is C14H14N2O4. The fraction of sp³-hybridized carbons (Fsp3) is 0.286. The molecule has 1 saturated heterocycles. The molecular weight excluding hydrogens is 260 g/mol. The monoisotopic (exact) mass is 274 g/mol. The minimum atomic E-state index is -0.939. The van der Waals surface area contributed by atoms with Crippen molar-refractivity contribution in [3.8, 4) is 0 Å². The van der Waals surface area contributed by atoms with Crippen LogP contribution in [0.25, 0.3) is 10.8 Å². The molecule has 1 aliphatic rings. The number of nitrogens with zero attached hydrogens (tertiary/aromatic N) is 1. The van der Waals surface area contributed by atoms with E-state index in [1.807, 2.05) is 0 Å². The summed E-state index contributed by atoms with van der Waals surface area (Å²) in [5.74, 6) is -0.400. The van der Waals surface area contributed by atoms with Gasteiger partial charge in [0.25, 0.3) is 11.5 Å². The number of fused-ring (bicyclic) bond motifs is 1. The maximum absolute atomic E-state index is 12.3. The van der Waals surface area contributed by atoms with Crippen LogP contribution >= 0.6 is 0 Å². The van der Waals surface area contributed by atoms with Gasteiger partial charge in [0.1, 0.15) is 5.69 Å². The van der Waals surface area contributed by atoms with Gasteiger partial charge in [-0.1, -0.05) is 18.2 Å². The van der Waals surface area contributed by atoms with Crippen LogP contribution in [-0.4, -0.2) is 51.3 Å². The van der Waals surface area contributed by atoms with Crippen LogP contribution in [0.2, 0.25) is 0 Å². The highest BCUT2D eigenvalue weighted by molar-refractivity contribution is 5.96. The summed E-state index contributed by atoms with van der Waals surface area (Å²) in [4.78, 5) is 28.1. The predicted octanol–water partition coefficient (Wildman–Crippen LogP) is -0.294. The van der Waals surface area contributed by atoms with E-state index in [9.17, 15) is 19.8 Å². The zero-order chi connectivity index (χ0) is 14.3. The van der Waals surface area contributed by atoms with Crippen molar-refractivity contribution in [2.24, 2.45) is 0 Å². The Labute approximate surface area is 114 Å². The second kappa shape index (κ2) is 4.73. The van der Waals surface area contributed by atoms with Crippen molar-refractivity contribution >= 4 is 16.7 Å². The molecule has 3 rings (SSSR count). The fourth-order valence-corrected chi connectivity index (χ4v) is 2.43. The lowest BCUT2D eigenvalue weighted by Crippen LogP contribution is -2.31. The molecule has 0 bridgehead atoms. The van der Waals surface area contributed by atoms with E-state index in [1.165, 1.54) is 4.90 Å². The third-order valence-electron chi connectivity index (χ3n) is 3.53. The molecule has 1 aliphatic heterocycles. The number of benzene rings is 1. The van der Waals surface area contributed by atoms with Crippen LogP contribution in [-0.2, 0) is 0 Å². The molecule has 20 heavy (non-hydrogen) atoms. The Morgan fingerprint density at radius 3 is 2.55 bits per heavy atom. The normalized spacial score (nSPS) is 22.4. The molecule has 6 heteroatoms. The SMILES string of the molecule is O=C(c1cc2ccccc2c(=O)[nH]1)N1CC(O)C(O)C1. The van der Waals surface area contributed by atoms with Crippen molar-refractivity contribution in [3.05, 3.63) is 46.4 Å². The topological polar surface area (TPSA) is 93.6 Å². The van der Waals surface area contributed by atoms with Crippen molar-refractivity contribution in [1.82, 2.24) is 9.88 Å². The Balaban J connectivity index is 1.98. The average molecular weight is 274 g/mol. The maximum atomic E-state index is 12.3. The lowest BCUT2D eigenvalue weighted by Gasteiger charge is -2.15. The van der Waals surface area contributed by atoms with Crippen molar-refractivity contribution < 1.29 is 15.0 Å². The lowest BCUT2D eigenvalue weighted by atomic mass is 10.1. The molecule has 6 nitrogen and oxygen atoms in total. The number of aliphatic hydroxyl groups excluding tert-OH is 2. The maximum Gasteiger partial charge on any atom is 0.270 e. The highest BCUT2D eigenvalue weighted by atomic mass is 16.3. The highest BCUT2D eigenvalue weighted by Crippen LogP contribution is 2.15. The van der Waals surface area contributed by atoms with Gasteiger partial charge in [-0.15, -0.1) is 0 Å². The summed E-state index contributed by atoms with van der Waals surface area (Å²) in [6.07, 6.45) is -1.88. The van der Waals surface area contributed by atoms with Gasteiger partial charge in [0.05, 0.1) is 12.2 Å². The summed E-state index contributed by atoms with van der Waals surface area (Å²) in [6.45, 7) is 0.129. The smallest absolute Gasteiger partial charge is 0.270 e. The molecule has 2 unspecified atom stereocenters. The number of amides is 1. The molecule has 1 aromatic carbocycles. The largest absolute Gasteiger partial charge is 0.388 e. The van der Waals surface area contributed by atoms with E-state index in [0.29, 0.717) is 10.8 Å². The zero-order valence-electron chi connectivity index (χ0n) is 10.6. The molecule has 2 atom stereocenters. The van der Waals surface area contributed by atoms with E-state index in [4.69, 9.17) is 0 Å². The minimum absolute atomic E-state index is 0.0643. The number of carbonyl (C=O) groups is 1. The molecule has 104 valence electrons. The molecule has 0 radical (unpaired) electrons. The van der Waals surface area contributed by atoms with E-state index >= 15 is 0 Å². The number of β-amino-alcohol motifs (C(OH)–C–C–N with tert-alkyl or cyclic N) is 2. The van der Waals surface area contributed by atoms with Gasteiger partial charge in [0.2, 0.25) is 0 Å². The summed E-state index contributed by atoms with van der Waals surface area (Å²) >= 11 is 0. The van der Waals surface area contributed by atoms with Gasteiger partial charge in [-0.2, -0.15) is 0 Å². The quantitative estimate of drug-likeness (QED) is 0.666. The fourth-order valence-electron chi connectivity index (χ4n) is 2.43. The van der Waals surface area contributed by atoms with E-state index < -0.39 is 18.1 Å². The lowest BCUT2D eigenvalue weighted by molar-refractivity contribution is 0.0572. The number of aromatic amines is 1. The Morgan fingerprint density at radius 1 is 1.20 bits per heavy atom. The molecule has 0 aliphatic carbocycles. The average Bonchev–Trinajstić information content (AvgIpc) is 2.78. The van der Waals surface area contributed by atoms with Crippen LogP contribution < -0.4 is 5.56 Å². The highest BCUT2D eigenvalue weighted by Gasteiger charge is 2.33. The van der Waals surface area contributed by atoms with Crippen molar-refractivity contribution in [3.63, 3.8) is 0 Å². The molecule has 0 spiro atoms. The Kier molecular flexibility index (Phi) is 3.04. The van der Waals surface area contributed by atoms with E-state index in [0.717, 1.165) is 0 Å². The van der Waals surface area contributed by atoms with E-state index in [2.05, 4.69) is 4.98 Å². The van der Waals surface area contributed by atoms with Crippen LogP contribution in [0, 0.1) is 0 Å². The van der Waals surface area contributed by atoms with Gasteiger partial charge in [-0.25, -0.2) is 0 Å². The molecule has 2 aromatic rings. The van der Waals surface area contributed by atoms with Crippen molar-refractivity contribution in [1.29, 1.82) is 0 Å². The number of aliphatic hydroxyl groups is 2. The number of H-pyrrole nitrogens is 1. The predicted molar refractivity (Wildman–Crippen MR) is 72.5 cm³/mol. The van der Waals surface area contributed by atoms with E-state index in [-0.39, 0.29) is 24.3 Å². The summed E-state index contributed by atoms with van der Waals surface area (Å²) in [5, 5.41) is 20.1. The van der Waals surface area contributed by atoms with Gasteiger partial charge >= 0.3 is 0 Å². The van der Waals surface area contributed by atoms with Gasteiger partial charge < -0.3 is 20.1 Å². The van der Waals surface area contributed by atoms with Crippen molar-refractivity contribution in [2.75, 3.05) is 13.1 Å². The first-order chi connectivity index (χ1) is 9.56. The standard InChI is InChI=1S/C14H14N2O4/c17-11-6-16(7-12(11)18)14(20)10-5-8-3-1-2-4-9(8)13(19)15-10/h1-5,11-12,17-18H,6-7H2,(H,15,19). The Hall–Kier alpha value is -2.18. The number of nitrogens with one attached hydrogen (secondary N) is 1. The van der Waals surface area contributed by atoms with Crippen LogP contribution in [0.1, 0.15) is 10.5 Å². The third kappa shape index (κ3) is 2.09. The number of carbonyl (C=O) groups excluding carboxylic acids is 1. The van der Waals surface area contributed by atoms with Crippen LogP contribution in [0.5, 0.6) is 0 Å². The number of likely N-dealkylation sites (tertiary alicyclic amines) is 1. The molecule has 1 fully saturated rings. The first kappa shape index (κ1) is 12.8. The zero-order valence-corrected chi connectivity index (χ0v) is 10.6. The van der Waals surface area contributed by atoms with Crippen LogP contribution in [0.15, 0.2) is 35.1 Å². The second-order valence-corrected chi connectivity index (χ2v) is 4.94. The van der Waals surface area contributed by atoms with Crippen LogP contribution in [0.3, 0.4) is 0 Å². The Bertz CT molecular complexity index is 714. The number of hydrogen-bond acceptors (Lipinski definition) is 4. The first-order valence-corrected chi connectivity index (χ1v) is 6.34. The number of aromatic nitrogens is 1. The summed E-state index contributed by atoms with van der Waals surface area (Å²) in [7, 11) is 0. The van der Waals surface area contributed by atoms with Gasteiger partial charge in [0.15, 0.2) is 0 Å². The van der Waals surface area contributed by atoms with Gasteiger partial charge in [-0.05, 0) is 17.5 Å². The van der Waals surface area contributed by atoms with Crippen LogP contribution in [0.4, 0.5) is 0 Å². The molecule has 2 heterocycles. The van der Waals surface area contributed by atoms with Gasteiger partial charge in [0, 0.05) is 18.5 Å².